The molecule has 0 aromatic carbocycles. The Balaban J connectivity index is 2.90. The summed E-state index contributed by atoms with van der Waals surface area (Å²) in [6.07, 6.45) is 5.88. The molecule has 0 amide bonds. The predicted molar refractivity (Wildman–Crippen MR) is 83.6 cm³/mol. The van der Waals surface area contributed by atoms with Crippen molar-refractivity contribution >= 4 is 10.2 Å². The highest BCUT2D eigenvalue weighted by Gasteiger charge is 2.43. The van der Waals surface area contributed by atoms with Crippen molar-refractivity contribution in [3.8, 4) is 0 Å². The highest BCUT2D eigenvalue weighted by atomic mass is 32.2. The summed E-state index contributed by atoms with van der Waals surface area (Å²) in [6, 6.07) is 0. The topological polar surface area (TPSA) is 75.4 Å². The average Bonchev–Trinajstić information content (AvgIpc) is 2.46. The molecule has 1 aliphatic rings. The largest absolute Gasteiger partial charge is 0.329 e. The molecule has 0 aromatic heterocycles. The Labute approximate surface area is 124 Å². The first-order valence-corrected chi connectivity index (χ1v) is 9.37. The van der Waals surface area contributed by atoms with Crippen LogP contribution in [0.5, 0.6) is 0 Å². The summed E-state index contributed by atoms with van der Waals surface area (Å²) in [6.45, 7) is 7.43. The molecule has 6 heteroatoms. The van der Waals surface area contributed by atoms with E-state index in [1.807, 2.05) is 13.8 Å². The van der Waals surface area contributed by atoms with Gasteiger partial charge in [0.1, 0.15) is 0 Å². The minimum absolute atomic E-state index is 0.389. The first kappa shape index (κ1) is 17.9. The second-order valence-corrected chi connectivity index (χ2v) is 7.52. The summed E-state index contributed by atoms with van der Waals surface area (Å²) in [7, 11) is -3.43. The summed E-state index contributed by atoms with van der Waals surface area (Å²) < 4.78 is 29.3. The molecule has 0 heterocycles. The zero-order chi connectivity index (χ0) is 15.2. The normalized spacial score (nSPS) is 27.9. The summed E-state index contributed by atoms with van der Waals surface area (Å²) in [5, 5.41) is 0. The Morgan fingerprint density at radius 3 is 2.25 bits per heavy atom. The lowest BCUT2D eigenvalue weighted by Gasteiger charge is -2.46. The van der Waals surface area contributed by atoms with Gasteiger partial charge >= 0.3 is 0 Å². The maximum absolute atomic E-state index is 12.5. The lowest BCUT2D eigenvalue weighted by atomic mass is 9.75. The van der Waals surface area contributed by atoms with Crippen LogP contribution in [-0.2, 0) is 10.2 Å². The van der Waals surface area contributed by atoms with E-state index in [0.29, 0.717) is 19.6 Å². The first-order valence-electron chi connectivity index (χ1n) is 7.93. The smallest absolute Gasteiger partial charge is 0.279 e. The van der Waals surface area contributed by atoms with Crippen LogP contribution in [0.3, 0.4) is 0 Å². The molecule has 0 unspecified atom stereocenters. The Hall–Kier alpha value is -0.170. The van der Waals surface area contributed by atoms with E-state index in [9.17, 15) is 8.42 Å². The number of nitrogens with one attached hydrogen (secondary N) is 1. The molecule has 1 fully saturated rings. The van der Waals surface area contributed by atoms with Gasteiger partial charge in [-0.3, -0.25) is 0 Å². The molecular formula is C14H31N3O2S. The molecule has 5 nitrogen and oxygen atoms in total. The fourth-order valence-corrected chi connectivity index (χ4v) is 4.97. The molecule has 0 saturated heterocycles. The molecule has 3 N–H and O–H groups in total. The number of nitrogens with two attached hydrogens (primary N) is 1. The van der Waals surface area contributed by atoms with E-state index in [1.54, 1.807) is 4.31 Å². The first-order chi connectivity index (χ1) is 9.45. The van der Waals surface area contributed by atoms with Crippen molar-refractivity contribution in [2.45, 2.75) is 64.8 Å². The van der Waals surface area contributed by atoms with Crippen LogP contribution in [0.1, 0.15) is 59.3 Å². The third kappa shape index (κ3) is 3.93. The van der Waals surface area contributed by atoms with Crippen LogP contribution in [0.2, 0.25) is 0 Å². The van der Waals surface area contributed by atoms with Gasteiger partial charge in [-0.2, -0.15) is 12.7 Å². The number of likely N-dealkylation sites (N-methyl/N-ethyl adjacent to an activating group) is 1. The third-order valence-electron chi connectivity index (χ3n) is 4.63. The average molecular weight is 305 g/mol. The lowest BCUT2D eigenvalue weighted by molar-refractivity contribution is 0.113. The molecule has 0 bridgehead atoms. The molecule has 0 aliphatic heterocycles. The number of rotatable bonds is 8. The maximum atomic E-state index is 12.5. The number of hydrogen-bond acceptors (Lipinski definition) is 3. The molecule has 0 aromatic rings. The summed E-state index contributed by atoms with van der Waals surface area (Å²) >= 11 is 0. The van der Waals surface area contributed by atoms with Crippen LogP contribution in [0.4, 0.5) is 0 Å². The van der Waals surface area contributed by atoms with Crippen molar-refractivity contribution in [3.63, 3.8) is 0 Å². The van der Waals surface area contributed by atoms with Crippen molar-refractivity contribution in [3.05, 3.63) is 0 Å². The molecule has 120 valence electrons. The van der Waals surface area contributed by atoms with Crippen LogP contribution in [-0.4, -0.2) is 37.9 Å². The predicted octanol–water partition coefficient (Wildman–Crippen LogP) is 1.85. The van der Waals surface area contributed by atoms with Crippen LogP contribution in [0.15, 0.2) is 0 Å². The van der Waals surface area contributed by atoms with Crippen LogP contribution in [0, 0.1) is 5.92 Å². The zero-order valence-electron chi connectivity index (χ0n) is 13.2. The van der Waals surface area contributed by atoms with Crippen LogP contribution in [0.25, 0.3) is 0 Å². The van der Waals surface area contributed by atoms with Crippen molar-refractivity contribution < 1.29 is 8.42 Å². The molecule has 20 heavy (non-hydrogen) atoms. The van der Waals surface area contributed by atoms with Crippen molar-refractivity contribution in [2.24, 2.45) is 11.7 Å². The van der Waals surface area contributed by atoms with Crippen molar-refractivity contribution in [1.29, 1.82) is 0 Å². The Bertz CT molecular complexity index is 376. The molecule has 1 rings (SSSR count). The Morgan fingerprint density at radius 2 is 1.85 bits per heavy atom. The van der Waals surface area contributed by atoms with E-state index in [4.69, 9.17) is 5.73 Å². The summed E-state index contributed by atoms with van der Waals surface area (Å²) in [5.41, 5.74) is 5.60. The van der Waals surface area contributed by atoms with E-state index in [1.165, 1.54) is 6.42 Å². The minimum atomic E-state index is -3.43. The second-order valence-electron chi connectivity index (χ2n) is 5.84. The fraction of sp³-hybridized carbons (Fsp3) is 1.00. The van der Waals surface area contributed by atoms with Gasteiger partial charge in [0, 0.05) is 25.2 Å². The van der Waals surface area contributed by atoms with Gasteiger partial charge in [0.05, 0.1) is 0 Å². The second kappa shape index (κ2) is 7.73. The summed E-state index contributed by atoms with van der Waals surface area (Å²) in [4.78, 5) is 0. The van der Waals surface area contributed by atoms with Gasteiger partial charge in [-0.25, -0.2) is 4.72 Å². The zero-order valence-corrected chi connectivity index (χ0v) is 14.0. The number of nitrogens with zero attached hydrogens (tertiary/aromatic N) is 1. The van der Waals surface area contributed by atoms with Gasteiger partial charge < -0.3 is 5.73 Å². The monoisotopic (exact) mass is 305 g/mol. The van der Waals surface area contributed by atoms with Gasteiger partial charge in [-0.05, 0) is 38.0 Å². The third-order valence-corrected chi connectivity index (χ3v) is 6.43. The molecular weight excluding hydrogens is 274 g/mol. The molecule has 0 radical (unpaired) electrons. The van der Waals surface area contributed by atoms with Gasteiger partial charge in [-0.1, -0.05) is 27.2 Å². The van der Waals surface area contributed by atoms with Crippen LogP contribution >= 0.6 is 0 Å². The highest BCUT2D eigenvalue weighted by molar-refractivity contribution is 7.87. The SMILES string of the molecule is CCCNS(=O)(=O)N(CC)C1(CN)CCC(CC)CC1. The van der Waals surface area contributed by atoms with E-state index in [0.717, 1.165) is 38.0 Å². The van der Waals surface area contributed by atoms with Crippen molar-refractivity contribution in [1.82, 2.24) is 9.03 Å². The van der Waals surface area contributed by atoms with E-state index < -0.39 is 10.2 Å². The van der Waals surface area contributed by atoms with Gasteiger partial charge in [0.15, 0.2) is 0 Å². The van der Waals surface area contributed by atoms with E-state index in [-0.39, 0.29) is 5.54 Å². The molecule has 0 spiro atoms. The van der Waals surface area contributed by atoms with Crippen molar-refractivity contribution in [2.75, 3.05) is 19.6 Å². The lowest BCUT2D eigenvalue weighted by Crippen LogP contribution is -2.60. The fourth-order valence-electron chi connectivity index (χ4n) is 3.25. The van der Waals surface area contributed by atoms with Gasteiger partial charge in [0.2, 0.25) is 0 Å². The molecule has 1 saturated carbocycles. The molecule has 0 atom stereocenters. The standard InChI is InChI=1S/C14H31N3O2S/c1-4-11-16-20(18,19)17(6-3)14(12-15)9-7-13(5-2)8-10-14/h13,16H,4-12,15H2,1-3H3. The Kier molecular flexibility index (Phi) is 6.91. The highest BCUT2D eigenvalue weighted by Crippen LogP contribution is 2.38. The van der Waals surface area contributed by atoms with E-state index in [2.05, 4.69) is 11.6 Å². The maximum Gasteiger partial charge on any atom is 0.279 e. The van der Waals surface area contributed by atoms with E-state index >= 15 is 0 Å². The van der Waals surface area contributed by atoms with Gasteiger partial charge in [-0.15, -0.1) is 0 Å². The van der Waals surface area contributed by atoms with Crippen LogP contribution < -0.4 is 10.5 Å². The quantitative estimate of drug-likeness (QED) is 0.718. The molecule has 1 aliphatic carbocycles. The summed E-state index contributed by atoms with van der Waals surface area (Å²) in [5.74, 6) is 0.722. The Morgan fingerprint density at radius 1 is 1.25 bits per heavy atom. The minimum Gasteiger partial charge on any atom is -0.329 e. The van der Waals surface area contributed by atoms with Gasteiger partial charge in [0.25, 0.3) is 10.2 Å². The number of hydrogen-bond donors (Lipinski definition) is 2.